The van der Waals surface area contributed by atoms with Gasteiger partial charge in [0.25, 0.3) is 0 Å². The number of aromatic nitrogens is 1. The molecule has 3 heterocycles. The van der Waals surface area contributed by atoms with E-state index in [2.05, 4.69) is 10.2 Å². The Balaban J connectivity index is 1.47. The maximum absolute atomic E-state index is 13.5. The Morgan fingerprint density at radius 2 is 1.76 bits per heavy atom. The second-order valence-corrected chi connectivity index (χ2v) is 13.9. The number of hydrogen-bond acceptors (Lipinski definition) is 9. The number of benzene rings is 2. The number of halogens is 2. The van der Waals surface area contributed by atoms with E-state index in [0.717, 1.165) is 48.3 Å². The number of hydrogen-bond donors (Lipinski definition) is 2. The first-order valence-corrected chi connectivity index (χ1v) is 17.5. The molecule has 0 aliphatic carbocycles. The number of carboxylic acids is 1. The molecule has 2 aromatic heterocycles. The molecule has 3 atom stereocenters. The molecular formula is C36H39Cl2N3O7S. The molecule has 1 aliphatic heterocycles. The highest BCUT2D eigenvalue weighted by Gasteiger charge is 2.30. The molecule has 10 nitrogen and oxygen atoms in total. The quantitative estimate of drug-likeness (QED) is 0.0836. The van der Waals surface area contributed by atoms with E-state index >= 15 is 0 Å². The molecule has 1 aliphatic rings. The van der Waals surface area contributed by atoms with E-state index in [-0.39, 0.29) is 33.9 Å². The van der Waals surface area contributed by atoms with Crippen molar-refractivity contribution >= 4 is 46.5 Å². The number of carboxylic acid groups (broad SMARTS) is 1. The van der Waals surface area contributed by atoms with Gasteiger partial charge in [-0.2, -0.15) is 4.73 Å². The molecule has 49 heavy (non-hydrogen) atoms. The van der Waals surface area contributed by atoms with E-state index in [1.165, 1.54) is 26.6 Å². The lowest BCUT2D eigenvalue weighted by atomic mass is 9.85. The lowest BCUT2D eigenvalue weighted by Gasteiger charge is -2.32. The molecule has 0 amide bonds. The molecular weight excluding hydrogens is 689 g/mol. The highest BCUT2D eigenvalue weighted by Crippen LogP contribution is 2.41. The number of pyridine rings is 1. The molecule has 2 unspecified atom stereocenters. The number of nitrogens with zero attached hydrogens (tertiary/aromatic N) is 2. The summed E-state index contributed by atoms with van der Waals surface area (Å²) in [5, 5.41) is 26.0. The van der Waals surface area contributed by atoms with Gasteiger partial charge in [-0.1, -0.05) is 66.0 Å². The van der Waals surface area contributed by atoms with Crippen LogP contribution in [0.2, 0.25) is 10.0 Å². The Labute approximate surface area is 299 Å². The van der Waals surface area contributed by atoms with Crippen molar-refractivity contribution in [3.63, 3.8) is 0 Å². The van der Waals surface area contributed by atoms with Gasteiger partial charge in [0, 0.05) is 28.9 Å². The number of thiophene rings is 1. The molecule has 260 valence electrons. The van der Waals surface area contributed by atoms with Crippen molar-refractivity contribution in [3.05, 3.63) is 114 Å². The molecule has 2 aromatic carbocycles. The standard InChI is InChI=1S/C36H39Cl2N3O7S/c1-40-14-8-7-11-24(40)21-48-36(44)33(22-9-5-4-6-10-22)39-18-25-16-27(34(49-25)35(42)43)26(17-28-29(37)19-41(45)20-30(28)38)23-12-13-31(46-2)32(15-23)47-3/h4-6,9-10,12-13,15-16,19-20,24,26,33,39H,7-8,11,14,17-18,21H2,1-3H3,(H,42,43)/t24?,26-,33?/m0/s1. The molecule has 0 saturated carbocycles. The zero-order chi connectivity index (χ0) is 35.1. The second-order valence-electron chi connectivity index (χ2n) is 12.0. The van der Waals surface area contributed by atoms with E-state index in [9.17, 15) is 19.9 Å². The number of piperidine rings is 1. The molecule has 5 rings (SSSR count). The number of esters is 1. The maximum atomic E-state index is 13.5. The van der Waals surface area contributed by atoms with Crippen LogP contribution < -0.4 is 19.5 Å². The van der Waals surface area contributed by atoms with Gasteiger partial charge in [-0.05, 0) is 67.7 Å². The van der Waals surface area contributed by atoms with Crippen molar-refractivity contribution in [1.82, 2.24) is 10.2 Å². The number of aromatic carboxylic acids is 1. The minimum absolute atomic E-state index is 0.123. The van der Waals surface area contributed by atoms with Crippen LogP contribution in [-0.4, -0.2) is 62.4 Å². The molecule has 13 heteroatoms. The first-order chi connectivity index (χ1) is 23.6. The Kier molecular flexibility index (Phi) is 12.4. The number of rotatable bonds is 14. The summed E-state index contributed by atoms with van der Waals surface area (Å²) in [5.41, 5.74) is 2.48. The normalized spacial score (nSPS) is 16.1. The molecule has 4 aromatic rings. The van der Waals surface area contributed by atoms with Crippen LogP contribution >= 0.6 is 34.5 Å². The number of carbonyl (C=O) groups excluding carboxylic acids is 1. The monoisotopic (exact) mass is 727 g/mol. The molecule has 0 radical (unpaired) electrons. The lowest BCUT2D eigenvalue weighted by Crippen LogP contribution is -2.41. The summed E-state index contributed by atoms with van der Waals surface area (Å²) in [5.74, 6) is -1.08. The summed E-state index contributed by atoms with van der Waals surface area (Å²) in [6.45, 7) is 1.47. The summed E-state index contributed by atoms with van der Waals surface area (Å²) in [7, 11) is 5.10. The highest BCUT2D eigenvalue weighted by atomic mass is 35.5. The van der Waals surface area contributed by atoms with Crippen LogP contribution in [0, 0.1) is 5.21 Å². The number of carbonyl (C=O) groups is 2. The maximum Gasteiger partial charge on any atom is 0.346 e. The molecule has 2 N–H and O–H groups in total. The Hall–Kier alpha value is -3.87. The van der Waals surface area contributed by atoms with Crippen molar-refractivity contribution in [2.75, 3.05) is 34.4 Å². The molecule has 1 saturated heterocycles. The van der Waals surface area contributed by atoms with Crippen LogP contribution in [0.15, 0.2) is 67.0 Å². The third-order valence-corrected chi connectivity index (χ3v) is 10.6. The van der Waals surface area contributed by atoms with Crippen molar-refractivity contribution in [1.29, 1.82) is 0 Å². The summed E-state index contributed by atoms with van der Waals surface area (Å²) < 4.78 is 17.4. The number of methoxy groups -OCH3 is 2. The van der Waals surface area contributed by atoms with Gasteiger partial charge in [-0.3, -0.25) is 5.32 Å². The average molecular weight is 729 g/mol. The third-order valence-electron chi connectivity index (χ3n) is 8.85. The fourth-order valence-electron chi connectivity index (χ4n) is 6.18. The van der Waals surface area contributed by atoms with E-state index in [0.29, 0.717) is 38.8 Å². The fraction of sp³-hybridized carbons (Fsp3) is 0.361. The van der Waals surface area contributed by atoms with Gasteiger partial charge in [0.1, 0.15) is 27.6 Å². The average Bonchev–Trinajstić information content (AvgIpc) is 3.52. The van der Waals surface area contributed by atoms with Crippen LogP contribution in [-0.2, 0) is 22.5 Å². The van der Waals surface area contributed by atoms with Gasteiger partial charge in [0.05, 0.1) is 14.2 Å². The number of nitrogens with one attached hydrogen (secondary N) is 1. The molecule has 0 spiro atoms. The molecule has 0 bridgehead atoms. The highest BCUT2D eigenvalue weighted by molar-refractivity contribution is 7.14. The predicted molar refractivity (Wildman–Crippen MR) is 189 cm³/mol. The fourth-order valence-corrected chi connectivity index (χ4v) is 7.79. The topological polar surface area (TPSA) is 124 Å². The number of likely N-dealkylation sites (tertiary alicyclic amines) is 1. The van der Waals surface area contributed by atoms with Crippen molar-refractivity contribution in [2.24, 2.45) is 0 Å². The van der Waals surface area contributed by atoms with E-state index in [1.807, 2.05) is 49.5 Å². The van der Waals surface area contributed by atoms with Crippen LogP contribution in [0.3, 0.4) is 0 Å². The Bertz CT molecular complexity index is 1750. The van der Waals surface area contributed by atoms with Gasteiger partial charge in [-0.15, -0.1) is 11.3 Å². The minimum Gasteiger partial charge on any atom is -0.619 e. The third kappa shape index (κ3) is 8.84. The zero-order valence-corrected chi connectivity index (χ0v) is 29.8. The number of likely N-dealkylation sites (N-methyl/N-ethyl adjacent to an activating group) is 1. The van der Waals surface area contributed by atoms with E-state index in [4.69, 9.17) is 37.4 Å². The van der Waals surface area contributed by atoms with Crippen molar-refractivity contribution in [2.45, 2.75) is 50.2 Å². The smallest absolute Gasteiger partial charge is 0.346 e. The lowest BCUT2D eigenvalue weighted by molar-refractivity contribution is -0.605. The first-order valence-electron chi connectivity index (χ1n) is 15.9. The second kappa shape index (κ2) is 16.7. The van der Waals surface area contributed by atoms with E-state index in [1.54, 1.807) is 12.1 Å². The van der Waals surface area contributed by atoms with E-state index < -0.39 is 23.9 Å². The largest absolute Gasteiger partial charge is 0.619 e. The van der Waals surface area contributed by atoms with Gasteiger partial charge >= 0.3 is 11.9 Å². The van der Waals surface area contributed by atoms with Crippen molar-refractivity contribution < 1.29 is 33.6 Å². The van der Waals surface area contributed by atoms with Gasteiger partial charge in [-0.25, -0.2) is 9.59 Å². The van der Waals surface area contributed by atoms with Crippen LogP contribution in [0.25, 0.3) is 0 Å². The van der Waals surface area contributed by atoms with Crippen LogP contribution in [0.1, 0.15) is 68.0 Å². The Morgan fingerprint density at radius 1 is 1.04 bits per heavy atom. The predicted octanol–water partition coefficient (Wildman–Crippen LogP) is 6.64. The summed E-state index contributed by atoms with van der Waals surface area (Å²) in [4.78, 5) is 29.3. The summed E-state index contributed by atoms with van der Waals surface area (Å²) in [6, 6.07) is 15.9. The summed E-state index contributed by atoms with van der Waals surface area (Å²) in [6.07, 6.45) is 5.82. The van der Waals surface area contributed by atoms with Crippen LogP contribution in [0.4, 0.5) is 0 Å². The molecule has 1 fully saturated rings. The number of ether oxygens (including phenoxy) is 3. The first kappa shape index (κ1) is 36.4. The minimum atomic E-state index is -1.10. The zero-order valence-electron chi connectivity index (χ0n) is 27.5. The van der Waals surface area contributed by atoms with Gasteiger partial charge in [0.2, 0.25) is 0 Å². The van der Waals surface area contributed by atoms with Gasteiger partial charge < -0.3 is 29.4 Å². The summed E-state index contributed by atoms with van der Waals surface area (Å²) >= 11 is 14.1. The van der Waals surface area contributed by atoms with Crippen molar-refractivity contribution in [3.8, 4) is 11.5 Å². The van der Waals surface area contributed by atoms with Gasteiger partial charge in [0.15, 0.2) is 23.9 Å². The Morgan fingerprint density at radius 3 is 2.41 bits per heavy atom. The van der Waals surface area contributed by atoms with Crippen LogP contribution in [0.5, 0.6) is 11.5 Å². The SMILES string of the molecule is COc1ccc([C@H](Cc2c(Cl)c[n+]([O-])cc2Cl)c2cc(CNC(C(=O)OCC3CCCCN3C)c3ccccc3)sc2C(=O)O)cc1OC.